The maximum atomic E-state index is 14.0. The van der Waals surface area contributed by atoms with Crippen molar-refractivity contribution in [2.45, 2.75) is 68.1 Å². The van der Waals surface area contributed by atoms with Gasteiger partial charge in [-0.2, -0.15) is 10.9 Å². The molecule has 2 nitrogen and oxygen atoms in total. The molecule has 1 aliphatic rings. The summed E-state index contributed by atoms with van der Waals surface area (Å²) in [6.45, 7) is 8.62. The highest BCUT2D eigenvalue weighted by atomic mass is 32.2. The largest absolute Gasteiger partial charge is 0.289 e. The number of fused-ring (bicyclic) bond motifs is 4. The summed E-state index contributed by atoms with van der Waals surface area (Å²) in [4.78, 5) is 31.1. The van der Waals surface area contributed by atoms with Gasteiger partial charge in [0.25, 0.3) is 0 Å². The van der Waals surface area contributed by atoms with E-state index < -0.39 is 10.9 Å². The maximum Gasteiger partial charge on any atom is 0.195 e. The highest BCUT2D eigenvalue weighted by Crippen LogP contribution is 2.58. The molecule has 38 heavy (non-hydrogen) atoms. The van der Waals surface area contributed by atoms with Crippen molar-refractivity contribution >= 4 is 48.2 Å². The first-order valence-electron chi connectivity index (χ1n) is 13.6. The fourth-order valence-corrected chi connectivity index (χ4v) is 9.80. The van der Waals surface area contributed by atoms with Crippen molar-refractivity contribution in [1.29, 1.82) is 0 Å². The van der Waals surface area contributed by atoms with Crippen LogP contribution in [0.1, 0.15) is 65.9 Å². The lowest BCUT2D eigenvalue weighted by Gasteiger charge is -2.33. The van der Waals surface area contributed by atoms with E-state index in [1.54, 1.807) is 11.3 Å². The third-order valence-corrected chi connectivity index (χ3v) is 11.7. The van der Waals surface area contributed by atoms with E-state index >= 15 is 0 Å². The summed E-state index contributed by atoms with van der Waals surface area (Å²) >= 11 is 1.73. The number of benzene rings is 4. The van der Waals surface area contributed by atoms with Crippen LogP contribution in [0.4, 0.5) is 0 Å². The number of hydrogen-bond donors (Lipinski definition) is 1. The predicted octanol–water partition coefficient (Wildman–Crippen LogP) is 8.69. The summed E-state index contributed by atoms with van der Waals surface area (Å²) in [6, 6.07) is 23.3. The van der Waals surface area contributed by atoms with E-state index in [9.17, 15) is 9.59 Å². The second-order valence-corrected chi connectivity index (χ2v) is 13.2. The zero-order valence-electron chi connectivity index (χ0n) is 22.4. The van der Waals surface area contributed by atoms with Gasteiger partial charge >= 0.3 is 0 Å². The minimum Gasteiger partial charge on any atom is -0.289 e. The first-order valence-corrected chi connectivity index (χ1v) is 15.8. The smallest absolute Gasteiger partial charge is 0.195 e. The minimum atomic E-state index is -0.972. The number of rotatable bonds is 5. The van der Waals surface area contributed by atoms with Crippen LogP contribution in [0.15, 0.2) is 86.2 Å². The van der Waals surface area contributed by atoms with Gasteiger partial charge in [-0.1, -0.05) is 52.0 Å². The monoisotopic (exact) mass is 536 g/mol. The molecule has 0 saturated carbocycles. The Labute approximate surface area is 230 Å². The highest BCUT2D eigenvalue weighted by molar-refractivity contribution is 8.17. The molecular weight excluding hydrogens is 505 g/mol. The lowest BCUT2D eigenvalue weighted by atomic mass is 9.96. The number of thiol groups is 1. The number of ketones is 1. The summed E-state index contributed by atoms with van der Waals surface area (Å²) in [7, 11) is -0.972. The van der Waals surface area contributed by atoms with Crippen molar-refractivity contribution in [1.82, 2.24) is 0 Å². The van der Waals surface area contributed by atoms with Crippen LogP contribution in [-0.4, -0.2) is 5.78 Å². The highest BCUT2D eigenvalue weighted by Gasteiger charge is 2.32. The maximum absolute atomic E-state index is 14.0. The Morgan fingerprint density at radius 3 is 2.13 bits per heavy atom. The molecule has 0 spiro atoms. The third kappa shape index (κ3) is 3.85. The van der Waals surface area contributed by atoms with Gasteiger partial charge in [0.2, 0.25) is 0 Å². The van der Waals surface area contributed by atoms with Crippen LogP contribution in [0, 0.1) is 0 Å². The van der Waals surface area contributed by atoms with E-state index in [1.165, 1.54) is 27.1 Å². The van der Waals surface area contributed by atoms with E-state index in [4.69, 9.17) is 0 Å². The Hall–Kier alpha value is -3.21. The molecule has 0 fully saturated rings. The van der Waals surface area contributed by atoms with Gasteiger partial charge in [-0.05, 0) is 95.3 Å². The summed E-state index contributed by atoms with van der Waals surface area (Å²) in [5.74, 6) is 0.122. The van der Waals surface area contributed by atoms with E-state index in [-0.39, 0.29) is 11.2 Å². The molecule has 2 heterocycles. The molecule has 0 aliphatic carbocycles. The number of carbonyl (C=O) groups excluding carboxylic acids is 1. The Balaban J connectivity index is 1.65. The lowest BCUT2D eigenvalue weighted by Crippen LogP contribution is -2.15. The van der Waals surface area contributed by atoms with E-state index in [0.29, 0.717) is 0 Å². The average Bonchev–Trinajstić information content (AvgIpc) is 2.96. The van der Waals surface area contributed by atoms with Crippen LogP contribution in [-0.2, 0) is 25.7 Å². The molecular formula is C34H32O2S2. The van der Waals surface area contributed by atoms with Crippen LogP contribution in [0.2, 0.25) is 0 Å². The second-order valence-electron chi connectivity index (χ2n) is 9.99. The molecule has 1 unspecified atom stereocenters. The van der Waals surface area contributed by atoms with E-state index in [2.05, 4.69) is 76.2 Å². The van der Waals surface area contributed by atoms with Gasteiger partial charge < -0.3 is 0 Å². The first kappa shape index (κ1) is 25.1. The molecule has 1 aliphatic heterocycles. The summed E-state index contributed by atoms with van der Waals surface area (Å²) in [5.41, 5.74) is 6.68. The first-order chi connectivity index (χ1) is 18.5. The number of aryl methyl sites for hydroxylation is 4. The van der Waals surface area contributed by atoms with Crippen molar-refractivity contribution in [2.24, 2.45) is 0 Å². The molecule has 6 rings (SSSR count). The molecule has 4 heteroatoms. The van der Waals surface area contributed by atoms with Gasteiger partial charge in [-0.3, -0.25) is 9.59 Å². The molecule has 1 atom stereocenters. The Morgan fingerprint density at radius 2 is 1.39 bits per heavy atom. The lowest BCUT2D eigenvalue weighted by molar-refractivity contribution is 0.103. The van der Waals surface area contributed by atoms with Crippen molar-refractivity contribution < 1.29 is 4.79 Å². The molecule has 0 amide bonds. The molecule has 4 aromatic carbocycles. The molecule has 0 N–H and O–H groups in total. The van der Waals surface area contributed by atoms with Gasteiger partial charge in [0.05, 0.1) is 0 Å². The van der Waals surface area contributed by atoms with Crippen molar-refractivity contribution in [2.75, 3.05) is 0 Å². The van der Waals surface area contributed by atoms with Crippen molar-refractivity contribution in [3.8, 4) is 0 Å². The van der Waals surface area contributed by atoms with Gasteiger partial charge in [0.1, 0.15) is 0 Å². The van der Waals surface area contributed by atoms with E-state index in [0.717, 1.165) is 66.8 Å². The van der Waals surface area contributed by atoms with Gasteiger partial charge in [-0.15, -0.1) is 11.3 Å². The molecule has 0 radical (unpaired) electrons. The van der Waals surface area contributed by atoms with Crippen LogP contribution in [0.3, 0.4) is 0 Å². The molecule has 0 saturated heterocycles. The quantitative estimate of drug-likeness (QED) is 0.177. The zero-order chi connectivity index (χ0) is 26.6. The predicted molar refractivity (Wildman–Crippen MR) is 163 cm³/mol. The van der Waals surface area contributed by atoms with Crippen molar-refractivity contribution in [3.63, 3.8) is 0 Å². The topological polar surface area (TPSA) is 34.1 Å². The van der Waals surface area contributed by atoms with Crippen LogP contribution in [0.5, 0.6) is 0 Å². The van der Waals surface area contributed by atoms with Gasteiger partial charge in [-0.25, -0.2) is 0 Å². The van der Waals surface area contributed by atoms with Crippen LogP contribution < -0.4 is 5.43 Å². The number of carbonyl (C=O) groups is 1. The molecule has 5 aromatic rings. The van der Waals surface area contributed by atoms with Crippen LogP contribution >= 0.6 is 22.2 Å². The summed E-state index contributed by atoms with van der Waals surface area (Å²) in [5, 5.41) is 1.63. The average molecular weight is 537 g/mol. The zero-order valence-corrected chi connectivity index (χ0v) is 24.1. The molecule has 1 aromatic heterocycles. The fourth-order valence-electron chi connectivity index (χ4n) is 5.76. The Kier molecular flexibility index (Phi) is 6.49. The van der Waals surface area contributed by atoms with Gasteiger partial charge in [0.15, 0.2) is 11.2 Å². The van der Waals surface area contributed by atoms with Crippen LogP contribution in [0.25, 0.3) is 20.2 Å². The fraction of sp³-hybridized carbons (Fsp3) is 0.235. The Bertz CT molecular complexity index is 1810. The standard InChI is InChI=1S/C34H32O2S2/c1-5-20-15-22(7-3)33-27(17-20)32(36)26-19-24(13-14-29(26)37-33)38-30-12-10-9-11-25(30)31(35)28-18-21(6-2)16-23(8-4)34(28)38/h9-19,38H,5-8H2,1-4H3. The summed E-state index contributed by atoms with van der Waals surface area (Å²) < 4.78 is 2.14. The second kappa shape index (κ2) is 9.83. The van der Waals surface area contributed by atoms with E-state index in [1.807, 2.05) is 18.2 Å². The Morgan fingerprint density at radius 1 is 0.684 bits per heavy atom. The SMILES string of the molecule is CCc1cc(CC)c2c(c1)C(=O)c1ccccc1[SH]2c1ccc2sc3c(CC)cc(CC)cc3c(=O)c2c1. The number of hydrogen-bond acceptors (Lipinski definition) is 3. The minimum absolute atomic E-state index is 0.120. The molecule has 0 bridgehead atoms. The molecule has 192 valence electrons. The third-order valence-electron chi connectivity index (χ3n) is 7.83. The van der Waals surface area contributed by atoms with Gasteiger partial charge in [0, 0.05) is 41.1 Å². The summed E-state index contributed by atoms with van der Waals surface area (Å²) in [6.07, 6.45) is 3.60. The van der Waals surface area contributed by atoms with Crippen molar-refractivity contribution in [3.05, 3.63) is 110 Å². The normalized spacial score (nSPS) is 15.6.